The highest BCUT2D eigenvalue weighted by molar-refractivity contribution is 5.89. The minimum atomic E-state index is -0.705. The predicted octanol–water partition coefficient (Wildman–Crippen LogP) is 2.60. The molecule has 0 saturated carbocycles. The summed E-state index contributed by atoms with van der Waals surface area (Å²) in [5.41, 5.74) is 2.19. The topological polar surface area (TPSA) is 92.2 Å². The van der Waals surface area contributed by atoms with Gasteiger partial charge in [-0.25, -0.2) is 4.79 Å². The monoisotopic (exact) mass is 325 g/mol. The molecule has 3 rings (SSSR count). The zero-order valence-corrected chi connectivity index (χ0v) is 13.2. The van der Waals surface area contributed by atoms with Crippen LogP contribution in [-0.2, 0) is 4.74 Å². The maximum absolute atomic E-state index is 12.0. The van der Waals surface area contributed by atoms with E-state index in [1.54, 1.807) is 6.92 Å². The summed E-state index contributed by atoms with van der Waals surface area (Å²) in [6.45, 7) is 3.63. The normalized spacial score (nSPS) is 11.9. The van der Waals surface area contributed by atoms with Gasteiger partial charge in [-0.3, -0.25) is 0 Å². The minimum Gasteiger partial charge on any atom is -0.619 e. The molecule has 1 atom stereocenters. The molecule has 0 aliphatic carbocycles. The number of aromatic nitrogens is 3. The molecule has 24 heavy (non-hydrogen) atoms. The lowest BCUT2D eigenvalue weighted by Crippen LogP contribution is -2.24. The second-order valence-corrected chi connectivity index (χ2v) is 5.31. The maximum Gasteiger partial charge on any atom is 0.339 e. The van der Waals surface area contributed by atoms with Crippen molar-refractivity contribution in [1.82, 2.24) is 10.2 Å². The molecule has 0 saturated heterocycles. The van der Waals surface area contributed by atoms with Crippen molar-refractivity contribution in [3.8, 4) is 11.5 Å². The van der Waals surface area contributed by atoms with Gasteiger partial charge in [0.1, 0.15) is 0 Å². The third-order valence-electron chi connectivity index (χ3n) is 3.41. The van der Waals surface area contributed by atoms with Crippen molar-refractivity contribution in [2.45, 2.75) is 20.0 Å². The third-order valence-corrected chi connectivity index (χ3v) is 3.41. The van der Waals surface area contributed by atoms with E-state index in [9.17, 15) is 10.0 Å². The van der Waals surface area contributed by atoms with Gasteiger partial charge in [-0.2, -0.15) is 4.73 Å². The molecule has 2 heterocycles. The Bertz CT molecular complexity index is 841. The van der Waals surface area contributed by atoms with E-state index >= 15 is 0 Å². The first-order valence-electron chi connectivity index (χ1n) is 7.33. The second-order valence-electron chi connectivity index (χ2n) is 5.31. The first kappa shape index (κ1) is 15.7. The quantitative estimate of drug-likeness (QED) is 0.416. The maximum atomic E-state index is 12.0. The minimum absolute atomic E-state index is 0.203. The van der Waals surface area contributed by atoms with Crippen LogP contribution in [0.2, 0.25) is 0 Å². The predicted molar refractivity (Wildman–Crippen MR) is 83.7 cm³/mol. The molecule has 2 aromatic heterocycles. The molecule has 3 aromatic rings. The van der Waals surface area contributed by atoms with Gasteiger partial charge in [-0.05, 0) is 26.0 Å². The number of carbonyl (C=O) groups is 1. The van der Waals surface area contributed by atoms with Crippen molar-refractivity contribution in [3.05, 3.63) is 71.0 Å². The first-order valence-corrected chi connectivity index (χ1v) is 7.33. The highest BCUT2D eigenvalue weighted by atomic mass is 16.6. The molecule has 0 aliphatic rings. The Morgan fingerprint density at radius 3 is 2.50 bits per heavy atom. The summed E-state index contributed by atoms with van der Waals surface area (Å²) in [5.74, 6) is -0.00747. The molecule has 1 aromatic carbocycles. The number of aryl methyl sites for hydroxylation is 1. The molecule has 7 heteroatoms. The number of pyridine rings is 1. The van der Waals surface area contributed by atoms with Crippen LogP contribution in [0.1, 0.15) is 34.8 Å². The van der Waals surface area contributed by atoms with E-state index in [-0.39, 0.29) is 11.5 Å². The highest BCUT2D eigenvalue weighted by Gasteiger charge is 2.20. The molecule has 122 valence electrons. The van der Waals surface area contributed by atoms with Crippen molar-refractivity contribution in [2.75, 3.05) is 0 Å². The average Bonchev–Trinajstić information content (AvgIpc) is 3.06. The van der Waals surface area contributed by atoms with Gasteiger partial charge in [0.15, 0.2) is 18.5 Å². The zero-order chi connectivity index (χ0) is 17.1. The molecular weight excluding hydrogens is 310 g/mol. The molecule has 0 bridgehead atoms. The smallest absolute Gasteiger partial charge is 0.339 e. The van der Waals surface area contributed by atoms with E-state index in [4.69, 9.17) is 9.15 Å². The molecule has 0 fully saturated rings. The highest BCUT2D eigenvalue weighted by Crippen LogP contribution is 2.23. The number of hydrogen-bond donors (Lipinski definition) is 0. The lowest BCUT2D eigenvalue weighted by molar-refractivity contribution is -0.605. The van der Waals surface area contributed by atoms with Crippen LogP contribution in [0.25, 0.3) is 11.5 Å². The molecular formula is C17H15N3O4. The van der Waals surface area contributed by atoms with Crippen LogP contribution < -0.4 is 4.73 Å². The van der Waals surface area contributed by atoms with Gasteiger partial charge in [-0.15, -0.1) is 10.2 Å². The fraction of sp³-hybridized carbons (Fsp3) is 0.176. The molecule has 7 nitrogen and oxygen atoms in total. The first-order chi connectivity index (χ1) is 11.5. The van der Waals surface area contributed by atoms with Crippen LogP contribution in [0.3, 0.4) is 0 Å². The van der Waals surface area contributed by atoms with Crippen molar-refractivity contribution >= 4 is 5.97 Å². The number of benzene rings is 1. The molecule has 0 aliphatic heterocycles. The van der Waals surface area contributed by atoms with Crippen molar-refractivity contribution in [2.24, 2.45) is 0 Å². The van der Waals surface area contributed by atoms with Crippen LogP contribution >= 0.6 is 0 Å². The molecule has 0 spiro atoms. The zero-order valence-electron chi connectivity index (χ0n) is 13.2. The fourth-order valence-electron chi connectivity index (χ4n) is 2.04. The fourth-order valence-corrected chi connectivity index (χ4v) is 2.04. The summed E-state index contributed by atoms with van der Waals surface area (Å²) in [6.07, 6.45) is 1.75. The Morgan fingerprint density at radius 1 is 1.17 bits per heavy atom. The van der Waals surface area contributed by atoms with E-state index in [2.05, 4.69) is 10.2 Å². The van der Waals surface area contributed by atoms with Gasteiger partial charge >= 0.3 is 5.97 Å². The van der Waals surface area contributed by atoms with E-state index in [0.29, 0.717) is 10.6 Å². The number of esters is 1. The second kappa shape index (κ2) is 6.49. The number of ether oxygens (including phenoxy) is 1. The summed E-state index contributed by atoms with van der Waals surface area (Å²) < 4.78 is 11.4. The van der Waals surface area contributed by atoms with Crippen molar-refractivity contribution in [3.63, 3.8) is 0 Å². The largest absolute Gasteiger partial charge is 0.619 e. The Hall–Kier alpha value is -3.22. The van der Waals surface area contributed by atoms with Crippen LogP contribution in [0.4, 0.5) is 0 Å². The van der Waals surface area contributed by atoms with Crippen LogP contribution in [-0.4, -0.2) is 16.2 Å². The number of hydrogen-bond acceptors (Lipinski definition) is 6. The Balaban J connectivity index is 1.71. The number of rotatable bonds is 4. The van der Waals surface area contributed by atoms with E-state index in [0.717, 1.165) is 11.1 Å². The molecule has 0 amide bonds. The lowest BCUT2D eigenvalue weighted by atomic mass is 10.1. The van der Waals surface area contributed by atoms with Crippen LogP contribution in [0, 0.1) is 12.1 Å². The Morgan fingerprint density at radius 2 is 1.83 bits per heavy atom. The van der Waals surface area contributed by atoms with Gasteiger partial charge in [0.05, 0.1) is 5.56 Å². The van der Waals surface area contributed by atoms with Gasteiger partial charge in [-0.1, -0.05) is 17.7 Å². The Labute approximate surface area is 138 Å². The number of carbonyl (C=O) groups excluding carboxylic acids is 1. The van der Waals surface area contributed by atoms with Gasteiger partial charge < -0.3 is 14.4 Å². The summed E-state index contributed by atoms with van der Waals surface area (Å²) in [4.78, 5) is 12.0. The van der Waals surface area contributed by atoms with E-state index in [1.807, 2.05) is 31.2 Å². The summed E-state index contributed by atoms with van der Waals surface area (Å²) in [7, 11) is 0. The molecule has 0 N–H and O–H groups in total. The third kappa shape index (κ3) is 3.40. The summed E-state index contributed by atoms with van der Waals surface area (Å²) >= 11 is 0. The summed E-state index contributed by atoms with van der Waals surface area (Å²) in [6, 6.07) is 10.4. The Kier molecular flexibility index (Phi) is 4.24. The molecule has 0 radical (unpaired) electrons. The average molecular weight is 325 g/mol. The van der Waals surface area contributed by atoms with E-state index in [1.165, 1.54) is 24.5 Å². The van der Waals surface area contributed by atoms with Crippen LogP contribution in [0.5, 0.6) is 0 Å². The van der Waals surface area contributed by atoms with Crippen LogP contribution in [0.15, 0.2) is 53.2 Å². The van der Waals surface area contributed by atoms with Crippen molar-refractivity contribution < 1.29 is 18.7 Å². The lowest BCUT2D eigenvalue weighted by Gasteiger charge is -2.09. The van der Waals surface area contributed by atoms with Gasteiger partial charge in [0.2, 0.25) is 5.89 Å². The van der Waals surface area contributed by atoms with Gasteiger partial charge in [0.25, 0.3) is 5.89 Å². The van der Waals surface area contributed by atoms with E-state index < -0.39 is 12.1 Å². The standard InChI is InChI=1S/C17H15N3O4/c1-11-3-5-13(6-4-11)16-19-18-15(24-16)12(2)23-17(21)14-7-9-20(22)10-8-14/h3-10,12H,1-2H3/t12-/m1/s1. The van der Waals surface area contributed by atoms with Gasteiger partial charge in [0, 0.05) is 17.7 Å². The van der Waals surface area contributed by atoms with Crippen molar-refractivity contribution in [1.29, 1.82) is 0 Å². The SMILES string of the molecule is Cc1ccc(-c2nnc([C@@H](C)OC(=O)c3cc[n+]([O-])cc3)o2)cc1. The number of nitrogens with zero attached hydrogens (tertiary/aromatic N) is 3. The summed E-state index contributed by atoms with van der Waals surface area (Å²) in [5, 5.41) is 18.9. The molecule has 0 unspecified atom stereocenters.